The van der Waals surface area contributed by atoms with Crippen LogP contribution >= 0.6 is 0 Å². The number of furan rings is 1. The van der Waals surface area contributed by atoms with Crippen LogP contribution in [0.25, 0.3) is 10.9 Å². The Balaban J connectivity index is 1.38. The number of piperidine rings is 1. The molecule has 29 heavy (non-hydrogen) atoms. The predicted octanol–water partition coefficient (Wildman–Crippen LogP) is 2.03. The summed E-state index contributed by atoms with van der Waals surface area (Å²) in [6.07, 6.45) is 2.66. The highest BCUT2D eigenvalue weighted by Crippen LogP contribution is 2.21. The van der Waals surface area contributed by atoms with E-state index in [0.717, 1.165) is 0 Å². The lowest BCUT2D eigenvalue weighted by atomic mass is 9.95. The highest BCUT2D eigenvalue weighted by molar-refractivity contribution is 5.91. The number of H-pyrrole nitrogens is 1. The second kappa shape index (κ2) is 7.90. The standard InChI is InChI=1S/C21H22N4O4/c1-24(13-18-22-16-6-3-2-5-15(16)19(26)23-18)20(27)14-8-10-25(11-9-14)21(28)17-7-4-12-29-17/h2-7,12,14H,8-11,13H2,1H3,(H,22,23,26). The van der Waals surface area contributed by atoms with Gasteiger partial charge in [0.05, 0.1) is 23.7 Å². The molecule has 0 spiro atoms. The molecule has 1 N–H and O–H groups in total. The maximum Gasteiger partial charge on any atom is 0.289 e. The number of carbonyl (C=O) groups excluding carboxylic acids is 2. The number of rotatable bonds is 4. The number of benzene rings is 1. The Bertz CT molecular complexity index is 1080. The second-order valence-electron chi connectivity index (χ2n) is 7.27. The molecular weight excluding hydrogens is 372 g/mol. The van der Waals surface area contributed by atoms with Gasteiger partial charge >= 0.3 is 0 Å². The lowest BCUT2D eigenvalue weighted by molar-refractivity contribution is -0.136. The number of nitrogens with zero attached hydrogens (tertiary/aromatic N) is 3. The fraction of sp³-hybridized carbons (Fsp3) is 0.333. The Kier molecular flexibility index (Phi) is 5.16. The number of nitrogens with one attached hydrogen (secondary N) is 1. The van der Waals surface area contributed by atoms with Crippen LogP contribution in [0.3, 0.4) is 0 Å². The summed E-state index contributed by atoms with van der Waals surface area (Å²) in [5.41, 5.74) is 0.396. The molecule has 2 amide bonds. The van der Waals surface area contributed by atoms with Crippen molar-refractivity contribution in [3.05, 3.63) is 64.6 Å². The number of likely N-dealkylation sites (tertiary alicyclic amines) is 1. The number of aromatic nitrogens is 2. The third-order valence-corrected chi connectivity index (χ3v) is 5.29. The van der Waals surface area contributed by atoms with Crippen LogP contribution < -0.4 is 5.56 Å². The maximum absolute atomic E-state index is 12.8. The van der Waals surface area contributed by atoms with E-state index in [1.165, 1.54) is 6.26 Å². The van der Waals surface area contributed by atoms with E-state index in [2.05, 4.69) is 9.97 Å². The van der Waals surface area contributed by atoms with Crippen LogP contribution in [0.15, 0.2) is 51.9 Å². The zero-order valence-electron chi connectivity index (χ0n) is 16.1. The molecule has 0 atom stereocenters. The number of fused-ring (bicyclic) bond motifs is 1. The summed E-state index contributed by atoms with van der Waals surface area (Å²) in [5.74, 6) is 0.458. The largest absolute Gasteiger partial charge is 0.459 e. The van der Waals surface area contributed by atoms with E-state index in [1.54, 1.807) is 47.2 Å². The van der Waals surface area contributed by atoms with Gasteiger partial charge in [0.1, 0.15) is 5.82 Å². The van der Waals surface area contributed by atoms with E-state index in [0.29, 0.717) is 48.4 Å². The molecule has 0 bridgehead atoms. The summed E-state index contributed by atoms with van der Waals surface area (Å²) in [4.78, 5) is 47.9. The number of hydrogen-bond acceptors (Lipinski definition) is 5. The van der Waals surface area contributed by atoms with Gasteiger partial charge in [0.25, 0.3) is 11.5 Å². The zero-order chi connectivity index (χ0) is 20.4. The highest BCUT2D eigenvalue weighted by atomic mass is 16.3. The normalized spacial score (nSPS) is 14.9. The third kappa shape index (κ3) is 3.91. The number of amides is 2. The molecule has 8 nitrogen and oxygen atoms in total. The van der Waals surface area contributed by atoms with Crippen molar-refractivity contribution in [1.82, 2.24) is 19.8 Å². The van der Waals surface area contributed by atoms with Crippen LogP contribution in [0.4, 0.5) is 0 Å². The molecule has 0 unspecified atom stereocenters. The molecule has 0 radical (unpaired) electrons. The van der Waals surface area contributed by atoms with E-state index in [-0.39, 0.29) is 29.8 Å². The van der Waals surface area contributed by atoms with Crippen LogP contribution in [-0.2, 0) is 11.3 Å². The molecule has 3 heterocycles. The molecule has 1 saturated heterocycles. The molecule has 150 valence electrons. The molecule has 1 aliphatic rings. The van der Waals surface area contributed by atoms with E-state index in [4.69, 9.17) is 4.42 Å². The minimum absolute atomic E-state index is 0.00842. The van der Waals surface area contributed by atoms with Crippen molar-refractivity contribution in [2.75, 3.05) is 20.1 Å². The topological polar surface area (TPSA) is 99.5 Å². The first-order valence-electron chi connectivity index (χ1n) is 9.58. The van der Waals surface area contributed by atoms with Gasteiger partial charge in [-0.05, 0) is 37.1 Å². The van der Waals surface area contributed by atoms with Crippen molar-refractivity contribution in [2.24, 2.45) is 5.92 Å². The maximum atomic E-state index is 12.8. The Labute approximate surface area is 167 Å². The van der Waals surface area contributed by atoms with Crippen molar-refractivity contribution in [2.45, 2.75) is 19.4 Å². The first-order valence-corrected chi connectivity index (χ1v) is 9.58. The van der Waals surface area contributed by atoms with Crippen LogP contribution in [-0.4, -0.2) is 51.7 Å². The first-order chi connectivity index (χ1) is 14.0. The predicted molar refractivity (Wildman–Crippen MR) is 106 cm³/mol. The minimum Gasteiger partial charge on any atom is -0.459 e. The van der Waals surface area contributed by atoms with Crippen LogP contribution in [0.5, 0.6) is 0 Å². The number of para-hydroxylation sites is 1. The second-order valence-corrected chi connectivity index (χ2v) is 7.27. The van der Waals surface area contributed by atoms with Gasteiger partial charge in [-0.3, -0.25) is 14.4 Å². The van der Waals surface area contributed by atoms with E-state index < -0.39 is 0 Å². The van der Waals surface area contributed by atoms with Gasteiger partial charge in [-0.2, -0.15) is 0 Å². The summed E-state index contributed by atoms with van der Waals surface area (Å²) in [6, 6.07) is 10.4. The molecule has 8 heteroatoms. The van der Waals surface area contributed by atoms with Crippen LogP contribution in [0.1, 0.15) is 29.2 Å². The van der Waals surface area contributed by atoms with Gasteiger partial charge in [-0.25, -0.2) is 4.98 Å². The average molecular weight is 394 g/mol. The number of aromatic amines is 1. The third-order valence-electron chi connectivity index (χ3n) is 5.29. The smallest absolute Gasteiger partial charge is 0.289 e. The van der Waals surface area contributed by atoms with Gasteiger partial charge in [0, 0.05) is 26.1 Å². The molecule has 1 aliphatic heterocycles. The molecule has 4 rings (SSSR count). The van der Waals surface area contributed by atoms with Gasteiger partial charge in [0.15, 0.2) is 5.76 Å². The summed E-state index contributed by atoms with van der Waals surface area (Å²) in [7, 11) is 1.71. The van der Waals surface area contributed by atoms with Crippen molar-refractivity contribution >= 4 is 22.7 Å². The monoisotopic (exact) mass is 394 g/mol. The Morgan fingerprint density at radius 3 is 2.69 bits per heavy atom. The molecule has 3 aromatic rings. The van der Waals surface area contributed by atoms with E-state index in [9.17, 15) is 14.4 Å². The highest BCUT2D eigenvalue weighted by Gasteiger charge is 2.30. The fourth-order valence-electron chi connectivity index (χ4n) is 3.71. The quantitative estimate of drug-likeness (QED) is 0.730. The molecule has 1 fully saturated rings. The summed E-state index contributed by atoms with van der Waals surface area (Å²) in [5, 5.41) is 0.527. The van der Waals surface area contributed by atoms with Crippen molar-refractivity contribution in [1.29, 1.82) is 0 Å². The van der Waals surface area contributed by atoms with Gasteiger partial charge in [-0.1, -0.05) is 12.1 Å². The summed E-state index contributed by atoms with van der Waals surface area (Å²) < 4.78 is 5.17. The molecule has 0 aliphatic carbocycles. The molecule has 0 saturated carbocycles. The van der Waals surface area contributed by atoms with Crippen molar-refractivity contribution < 1.29 is 14.0 Å². The first kappa shape index (κ1) is 18.9. The number of hydrogen-bond donors (Lipinski definition) is 1. The molecule has 2 aromatic heterocycles. The zero-order valence-corrected chi connectivity index (χ0v) is 16.1. The number of carbonyl (C=O) groups is 2. The van der Waals surface area contributed by atoms with Crippen molar-refractivity contribution in [3.8, 4) is 0 Å². The summed E-state index contributed by atoms with van der Waals surface area (Å²) >= 11 is 0. The lowest BCUT2D eigenvalue weighted by Crippen LogP contribution is -2.43. The van der Waals surface area contributed by atoms with E-state index in [1.807, 2.05) is 6.07 Å². The minimum atomic E-state index is -0.212. The SMILES string of the molecule is CN(Cc1nc2ccccc2c(=O)[nH]1)C(=O)C1CCN(C(=O)c2ccco2)CC1. The lowest BCUT2D eigenvalue weighted by Gasteiger charge is -2.32. The Hall–Kier alpha value is -3.42. The van der Waals surface area contributed by atoms with E-state index >= 15 is 0 Å². The van der Waals surface area contributed by atoms with Gasteiger partial charge < -0.3 is 19.2 Å². The Morgan fingerprint density at radius 2 is 1.97 bits per heavy atom. The average Bonchev–Trinajstić information content (AvgIpc) is 3.28. The summed E-state index contributed by atoms with van der Waals surface area (Å²) in [6.45, 7) is 1.24. The van der Waals surface area contributed by atoms with Gasteiger partial charge in [0.2, 0.25) is 5.91 Å². The Morgan fingerprint density at radius 1 is 1.21 bits per heavy atom. The molecular formula is C21H22N4O4. The van der Waals surface area contributed by atoms with Crippen LogP contribution in [0, 0.1) is 5.92 Å². The van der Waals surface area contributed by atoms with Crippen LogP contribution in [0.2, 0.25) is 0 Å². The van der Waals surface area contributed by atoms with Gasteiger partial charge in [-0.15, -0.1) is 0 Å². The fourth-order valence-corrected chi connectivity index (χ4v) is 3.71. The van der Waals surface area contributed by atoms with Crippen molar-refractivity contribution in [3.63, 3.8) is 0 Å². The molecule has 1 aromatic carbocycles.